The van der Waals surface area contributed by atoms with Gasteiger partial charge >= 0.3 is 0 Å². The summed E-state index contributed by atoms with van der Waals surface area (Å²) < 4.78 is 12.8. The summed E-state index contributed by atoms with van der Waals surface area (Å²) in [5.41, 5.74) is 10.3. The van der Waals surface area contributed by atoms with Crippen LogP contribution in [-0.4, -0.2) is 9.55 Å². The molecule has 59 heavy (non-hydrogen) atoms. The maximum atomic E-state index is 6.71. The second-order valence-corrected chi connectivity index (χ2v) is 18.5. The molecule has 0 aliphatic carbocycles. The van der Waals surface area contributed by atoms with E-state index in [4.69, 9.17) is 9.72 Å². The molecule has 0 atom stereocenters. The van der Waals surface area contributed by atoms with Gasteiger partial charge in [-0.3, -0.25) is 0 Å². The molecule has 4 aromatic heterocycles. The van der Waals surface area contributed by atoms with E-state index >= 15 is 0 Å². The van der Waals surface area contributed by atoms with Gasteiger partial charge in [0.25, 0.3) is 0 Å². The van der Waals surface area contributed by atoms with Crippen LogP contribution in [0.5, 0.6) is 11.5 Å². The van der Waals surface area contributed by atoms with E-state index in [9.17, 15) is 0 Å². The van der Waals surface area contributed by atoms with Gasteiger partial charge in [0.05, 0.1) is 16.2 Å². The molecule has 11 rings (SSSR count). The summed E-state index contributed by atoms with van der Waals surface area (Å²) in [5, 5.41) is 7.15. The molecule has 5 heterocycles. The number of pyridine rings is 1. The van der Waals surface area contributed by atoms with Gasteiger partial charge in [-0.25, -0.2) is 4.98 Å². The first kappa shape index (κ1) is 37.8. The third-order valence-corrected chi connectivity index (χ3v) is 13.6. The van der Waals surface area contributed by atoms with Gasteiger partial charge < -0.3 is 19.1 Å². The van der Waals surface area contributed by atoms with Gasteiger partial charge in [0.1, 0.15) is 5.82 Å². The molecule has 6 aromatic carbocycles. The number of hydrogen-bond donors (Lipinski definition) is 0. The fourth-order valence-electron chi connectivity index (χ4n) is 8.80. The van der Waals surface area contributed by atoms with E-state index < -0.39 is 0 Å². The molecule has 0 fully saturated rings. The zero-order valence-corrected chi connectivity index (χ0v) is 37.4. The summed E-state index contributed by atoms with van der Waals surface area (Å²) in [6.45, 7) is 15.5. The molecule has 0 N–H and O–H groups in total. The molecule has 0 saturated carbocycles. The van der Waals surface area contributed by atoms with Crippen molar-refractivity contribution >= 4 is 96.8 Å². The van der Waals surface area contributed by atoms with Gasteiger partial charge in [0.2, 0.25) is 0 Å². The van der Waals surface area contributed by atoms with Crippen LogP contribution in [0.15, 0.2) is 121 Å². The normalized spacial score (nSPS) is 13.0. The summed E-state index contributed by atoms with van der Waals surface area (Å²) in [6, 6.07) is 48.4. The summed E-state index contributed by atoms with van der Waals surface area (Å²) in [4.78, 5) is 9.61. The molecule has 1 aliphatic heterocycles. The number of nitrogens with zero attached hydrogens (tertiary/aromatic N) is 4. The van der Waals surface area contributed by atoms with Gasteiger partial charge in [0.15, 0.2) is 0 Å². The minimum absolute atomic E-state index is 0. The minimum Gasteiger partial charge on any atom is -0.509 e. The Hall–Kier alpha value is -5.46. The number of fused-ring (bicyclic) bond motifs is 10. The number of aromatic nitrogens is 2. The van der Waals surface area contributed by atoms with Crippen LogP contribution in [0.25, 0.3) is 57.9 Å². The van der Waals surface area contributed by atoms with Gasteiger partial charge in [0, 0.05) is 74.7 Å². The number of anilines is 4. The van der Waals surface area contributed by atoms with Gasteiger partial charge in [-0.05, 0) is 78.6 Å². The van der Waals surface area contributed by atoms with E-state index in [2.05, 4.69) is 172 Å². The number of aryl methyl sites for hydroxylation is 3. The Morgan fingerprint density at radius 2 is 1.36 bits per heavy atom. The number of hydrogen-bond acceptors (Lipinski definition) is 6. The van der Waals surface area contributed by atoms with Crippen molar-refractivity contribution in [2.45, 2.75) is 47.0 Å². The molecular weight excluding hydrogens is 944 g/mol. The zero-order chi connectivity index (χ0) is 39.4. The average molecular weight is 983 g/mol. The predicted molar refractivity (Wildman–Crippen MR) is 245 cm³/mol. The summed E-state index contributed by atoms with van der Waals surface area (Å²) in [5.74, 6) is 2.10. The molecule has 1 aliphatic rings. The Morgan fingerprint density at radius 3 is 2.14 bits per heavy atom. The molecule has 0 saturated heterocycles. The fraction of sp³-hybridized carbons (Fsp3) is 0.137. The average Bonchev–Trinajstić information content (AvgIpc) is 3.96. The van der Waals surface area contributed by atoms with Crippen molar-refractivity contribution in [3.63, 3.8) is 0 Å². The Labute approximate surface area is 366 Å². The second kappa shape index (κ2) is 14.1. The standard InChI is InChI=1S/C51H39N4OS2.Pt/c1-30-24-31(2)47(32(3)25-30)54-29-53(50-49(54)40-15-8-10-17-43(40)58-50)34-12-11-13-35(27-34)56-36-18-19-37-38-20-21-44-46(39-14-7-9-16-42(39)57-44)48(38)55(41(37)28-36)45-26-33(22-23-52-45)51(4,5)6;/h7-26,29H,1-6H3;/q-3;. The van der Waals surface area contributed by atoms with Crippen LogP contribution in [0.3, 0.4) is 0 Å². The van der Waals surface area contributed by atoms with Crippen LogP contribution in [-0.2, 0) is 26.5 Å². The molecule has 294 valence electrons. The van der Waals surface area contributed by atoms with Crippen LogP contribution in [0.1, 0.15) is 43.0 Å². The van der Waals surface area contributed by atoms with E-state index in [0.717, 1.165) is 38.3 Å². The van der Waals surface area contributed by atoms with Crippen LogP contribution in [0, 0.1) is 39.6 Å². The molecule has 0 bridgehead atoms. The number of benzene rings is 6. The Balaban J connectivity index is 0.00000420. The first-order valence-corrected chi connectivity index (χ1v) is 21.2. The molecule has 0 amide bonds. The number of ether oxygens (including phenoxy) is 1. The van der Waals surface area contributed by atoms with Crippen LogP contribution in [0.4, 0.5) is 22.1 Å². The number of thiophene rings is 2. The van der Waals surface area contributed by atoms with Gasteiger partial charge in [-0.1, -0.05) is 86.4 Å². The molecule has 5 nitrogen and oxygen atoms in total. The third-order valence-electron chi connectivity index (χ3n) is 11.3. The maximum Gasteiger partial charge on any atom is 0.135 e. The molecule has 0 radical (unpaired) electrons. The third kappa shape index (κ3) is 6.08. The van der Waals surface area contributed by atoms with Crippen molar-refractivity contribution in [1.82, 2.24) is 9.55 Å². The van der Waals surface area contributed by atoms with Crippen molar-refractivity contribution < 1.29 is 25.8 Å². The topological polar surface area (TPSA) is 33.5 Å². The Kier molecular flexibility index (Phi) is 9.02. The SMILES string of the molecule is Cc1cc(C)c(N2[CH-]N(c3[c-]c(Oc4[c-]c5c(cc4)c4ccc6sc7ccccc7c6c4n5-c4cc(C(C)(C)C)ccn4)ccc3)c3sc4ccccc4c32)c(C)c1.[Pt]. The summed E-state index contributed by atoms with van der Waals surface area (Å²) >= 11 is 3.63. The Bertz CT molecular complexity index is 3270. The van der Waals surface area contributed by atoms with Gasteiger partial charge in [-0.15, -0.1) is 70.7 Å². The van der Waals surface area contributed by atoms with E-state index in [-0.39, 0.29) is 26.5 Å². The molecule has 10 aromatic rings. The van der Waals surface area contributed by atoms with Crippen molar-refractivity contribution in [3.05, 3.63) is 163 Å². The summed E-state index contributed by atoms with van der Waals surface area (Å²) in [7, 11) is 0. The van der Waals surface area contributed by atoms with Crippen molar-refractivity contribution in [1.29, 1.82) is 0 Å². The van der Waals surface area contributed by atoms with Crippen molar-refractivity contribution in [3.8, 4) is 17.3 Å². The zero-order valence-electron chi connectivity index (χ0n) is 33.5. The molecule has 0 unspecified atom stereocenters. The summed E-state index contributed by atoms with van der Waals surface area (Å²) in [6.07, 6.45) is 1.93. The molecular formula is C51H39N4OPtS2-3. The Morgan fingerprint density at radius 1 is 0.644 bits per heavy atom. The quantitative estimate of drug-likeness (QED) is 0.161. The molecule has 0 spiro atoms. The first-order valence-electron chi connectivity index (χ1n) is 19.6. The first-order chi connectivity index (χ1) is 28.1. The second-order valence-electron chi connectivity index (χ2n) is 16.4. The van der Waals surface area contributed by atoms with Crippen LogP contribution in [0.2, 0.25) is 0 Å². The molecule has 8 heteroatoms. The van der Waals surface area contributed by atoms with E-state index in [0.29, 0.717) is 11.5 Å². The van der Waals surface area contributed by atoms with Crippen LogP contribution < -0.4 is 14.5 Å². The van der Waals surface area contributed by atoms with E-state index in [1.54, 1.807) is 11.3 Å². The smallest absolute Gasteiger partial charge is 0.135 e. The van der Waals surface area contributed by atoms with Crippen molar-refractivity contribution in [2.24, 2.45) is 0 Å². The van der Waals surface area contributed by atoms with Crippen molar-refractivity contribution in [2.75, 3.05) is 9.80 Å². The minimum atomic E-state index is -0.0438. The van der Waals surface area contributed by atoms with E-state index in [1.807, 2.05) is 35.7 Å². The fourth-order valence-corrected chi connectivity index (χ4v) is 11.1. The monoisotopic (exact) mass is 982 g/mol. The predicted octanol–water partition coefficient (Wildman–Crippen LogP) is 14.8. The number of rotatable bonds is 5. The van der Waals surface area contributed by atoms with E-state index in [1.165, 1.54) is 63.9 Å². The maximum absolute atomic E-state index is 6.71. The van der Waals surface area contributed by atoms with Crippen LogP contribution >= 0.6 is 22.7 Å². The largest absolute Gasteiger partial charge is 0.509 e. The van der Waals surface area contributed by atoms with Gasteiger partial charge in [-0.2, -0.15) is 12.1 Å².